The Morgan fingerprint density at radius 2 is 1.81 bits per heavy atom. The van der Waals surface area contributed by atoms with Gasteiger partial charge in [-0.15, -0.1) is 0 Å². The van der Waals surface area contributed by atoms with Crippen LogP contribution in [0.5, 0.6) is 5.75 Å². The fourth-order valence-corrected chi connectivity index (χ4v) is 1.14. The summed E-state index contributed by atoms with van der Waals surface area (Å²) in [5.41, 5.74) is 0.648. The molecule has 2 N–H and O–H groups in total. The lowest BCUT2D eigenvalue weighted by Crippen LogP contribution is -2.10. The van der Waals surface area contributed by atoms with E-state index in [1.54, 1.807) is 31.2 Å². The predicted octanol–water partition coefficient (Wildman–Crippen LogP) is 1.34. The Morgan fingerprint density at radius 3 is 2.25 bits per heavy atom. The summed E-state index contributed by atoms with van der Waals surface area (Å²) in [4.78, 5) is 20.9. The minimum Gasteiger partial charge on any atom is -0.482 e. The molecule has 1 aromatic carbocycles. The number of aliphatic carboxylic acids is 2. The van der Waals surface area contributed by atoms with Crippen LogP contribution in [0.3, 0.4) is 0 Å². The Kier molecular flexibility index (Phi) is 3.88. The molecule has 1 atom stereocenters. The van der Waals surface area contributed by atoms with Crippen LogP contribution in [0.25, 0.3) is 0 Å². The Labute approximate surface area is 92.3 Å². The highest BCUT2D eigenvalue weighted by atomic mass is 16.5. The molecule has 0 aliphatic heterocycles. The maximum absolute atomic E-state index is 10.7. The highest BCUT2D eigenvalue weighted by Crippen LogP contribution is 2.19. The summed E-state index contributed by atoms with van der Waals surface area (Å²) >= 11 is 0. The van der Waals surface area contributed by atoms with Crippen molar-refractivity contribution in [2.24, 2.45) is 0 Å². The van der Waals surface area contributed by atoms with Gasteiger partial charge in [-0.2, -0.15) is 0 Å². The van der Waals surface area contributed by atoms with E-state index in [2.05, 4.69) is 0 Å². The van der Waals surface area contributed by atoms with E-state index in [4.69, 9.17) is 14.9 Å². The van der Waals surface area contributed by atoms with Crippen molar-refractivity contribution in [3.05, 3.63) is 29.8 Å². The van der Waals surface area contributed by atoms with E-state index in [9.17, 15) is 9.59 Å². The molecule has 5 nitrogen and oxygen atoms in total. The molecule has 0 bridgehead atoms. The van der Waals surface area contributed by atoms with E-state index in [-0.39, 0.29) is 0 Å². The SMILES string of the molecule is CC(C(=O)O)c1ccc(OCC(=O)O)cc1. The van der Waals surface area contributed by atoms with E-state index in [0.29, 0.717) is 11.3 Å². The van der Waals surface area contributed by atoms with Crippen LogP contribution in [0.1, 0.15) is 18.4 Å². The number of carboxylic acids is 2. The molecule has 1 rings (SSSR count). The second kappa shape index (κ2) is 5.16. The number of ether oxygens (including phenoxy) is 1. The first-order valence-corrected chi connectivity index (χ1v) is 4.68. The van der Waals surface area contributed by atoms with Gasteiger partial charge in [0.05, 0.1) is 5.92 Å². The van der Waals surface area contributed by atoms with Gasteiger partial charge in [-0.1, -0.05) is 12.1 Å². The van der Waals surface area contributed by atoms with Gasteiger partial charge < -0.3 is 14.9 Å². The van der Waals surface area contributed by atoms with Gasteiger partial charge in [0, 0.05) is 0 Å². The molecule has 1 aromatic rings. The van der Waals surface area contributed by atoms with Crippen LogP contribution >= 0.6 is 0 Å². The number of hydrogen-bond acceptors (Lipinski definition) is 3. The first kappa shape index (κ1) is 12.0. The molecule has 0 aromatic heterocycles. The summed E-state index contributed by atoms with van der Waals surface area (Å²) in [6.45, 7) is 1.17. The third-order valence-corrected chi connectivity index (χ3v) is 2.11. The highest BCUT2D eigenvalue weighted by molar-refractivity contribution is 5.75. The van der Waals surface area contributed by atoms with Crippen LogP contribution in [0, 0.1) is 0 Å². The average molecular weight is 224 g/mol. The Balaban J connectivity index is 2.67. The summed E-state index contributed by atoms with van der Waals surface area (Å²) in [5.74, 6) is -2.14. The van der Waals surface area contributed by atoms with Crippen molar-refractivity contribution < 1.29 is 24.5 Å². The summed E-state index contributed by atoms with van der Waals surface area (Å²) in [6.07, 6.45) is 0. The predicted molar refractivity (Wildman–Crippen MR) is 55.6 cm³/mol. The standard InChI is InChI=1S/C11H12O5/c1-7(11(14)15)8-2-4-9(5-3-8)16-6-10(12)13/h2-5,7H,6H2,1H3,(H,12,13)(H,14,15). The summed E-state index contributed by atoms with van der Waals surface area (Å²) < 4.78 is 4.92. The molecule has 16 heavy (non-hydrogen) atoms. The first-order chi connectivity index (χ1) is 7.50. The Hall–Kier alpha value is -2.04. The van der Waals surface area contributed by atoms with Crippen molar-refractivity contribution in [3.8, 4) is 5.75 Å². The summed E-state index contributed by atoms with van der Waals surface area (Å²) in [6, 6.07) is 6.32. The number of benzene rings is 1. The molecule has 0 saturated heterocycles. The van der Waals surface area contributed by atoms with Crippen molar-refractivity contribution in [2.45, 2.75) is 12.8 Å². The van der Waals surface area contributed by atoms with Crippen LogP contribution in [-0.4, -0.2) is 28.8 Å². The van der Waals surface area contributed by atoms with E-state index < -0.39 is 24.5 Å². The molecule has 0 spiro atoms. The van der Waals surface area contributed by atoms with Gasteiger partial charge in [-0.3, -0.25) is 4.79 Å². The smallest absolute Gasteiger partial charge is 0.341 e. The van der Waals surface area contributed by atoms with E-state index >= 15 is 0 Å². The zero-order valence-corrected chi connectivity index (χ0v) is 8.71. The second-order valence-corrected chi connectivity index (χ2v) is 3.31. The van der Waals surface area contributed by atoms with Gasteiger partial charge in [0.25, 0.3) is 0 Å². The number of rotatable bonds is 5. The van der Waals surface area contributed by atoms with Crippen LogP contribution in [-0.2, 0) is 9.59 Å². The highest BCUT2D eigenvalue weighted by Gasteiger charge is 2.13. The second-order valence-electron chi connectivity index (χ2n) is 3.31. The van der Waals surface area contributed by atoms with E-state index in [0.717, 1.165) is 0 Å². The lowest BCUT2D eigenvalue weighted by Gasteiger charge is -2.08. The maximum Gasteiger partial charge on any atom is 0.341 e. The fraction of sp³-hybridized carbons (Fsp3) is 0.273. The number of hydrogen-bond donors (Lipinski definition) is 2. The van der Waals surface area contributed by atoms with Crippen molar-refractivity contribution in [2.75, 3.05) is 6.61 Å². The third kappa shape index (κ3) is 3.27. The minimum absolute atomic E-state index is 0.406. The summed E-state index contributed by atoms with van der Waals surface area (Å²) in [7, 11) is 0. The van der Waals surface area contributed by atoms with Gasteiger partial charge >= 0.3 is 11.9 Å². The molecule has 0 fully saturated rings. The molecule has 0 aliphatic carbocycles. The van der Waals surface area contributed by atoms with Crippen molar-refractivity contribution in [3.63, 3.8) is 0 Å². The molecule has 0 heterocycles. The van der Waals surface area contributed by atoms with Crippen LogP contribution < -0.4 is 4.74 Å². The molecule has 86 valence electrons. The van der Waals surface area contributed by atoms with Crippen LogP contribution in [0.2, 0.25) is 0 Å². The molecule has 0 aliphatic rings. The minimum atomic E-state index is -1.05. The molecule has 0 saturated carbocycles. The third-order valence-electron chi connectivity index (χ3n) is 2.11. The number of carboxylic acid groups (broad SMARTS) is 2. The summed E-state index contributed by atoms with van der Waals surface area (Å²) in [5, 5.41) is 17.2. The fourth-order valence-electron chi connectivity index (χ4n) is 1.14. The lowest BCUT2D eigenvalue weighted by molar-refractivity contribution is -0.139. The van der Waals surface area contributed by atoms with Gasteiger partial charge in [0.1, 0.15) is 5.75 Å². The van der Waals surface area contributed by atoms with Gasteiger partial charge in [0.15, 0.2) is 6.61 Å². The maximum atomic E-state index is 10.7. The van der Waals surface area contributed by atoms with E-state index in [1.807, 2.05) is 0 Å². The molecule has 5 heteroatoms. The van der Waals surface area contributed by atoms with Crippen molar-refractivity contribution >= 4 is 11.9 Å². The van der Waals surface area contributed by atoms with Crippen molar-refractivity contribution in [1.29, 1.82) is 0 Å². The molecular formula is C11H12O5. The molecule has 0 amide bonds. The zero-order chi connectivity index (χ0) is 12.1. The number of carbonyl (C=O) groups is 2. The molecule has 1 unspecified atom stereocenters. The largest absolute Gasteiger partial charge is 0.482 e. The van der Waals surface area contributed by atoms with Gasteiger partial charge in [-0.25, -0.2) is 4.79 Å². The average Bonchev–Trinajstić information content (AvgIpc) is 2.26. The van der Waals surface area contributed by atoms with Crippen LogP contribution in [0.4, 0.5) is 0 Å². The Bertz CT molecular complexity index is 382. The van der Waals surface area contributed by atoms with Gasteiger partial charge in [0.2, 0.25) is 0 Å². The lowest BCUT2D eigenvalue weighted by atomic mass is 10.0. The monoisotopic (exact) mass is 224 g/mol. The van der Waals surface area contributed by atoms with E-state index in [1.165, 1.54) is 0 Å². The quantitative estimate of drug-likeness (QED) is 0.788. The van der Waals surface area contributed by atoms with Gasteiger partial charge in [-0.05, 0) is 24.6 Å². The Morgan fingerprint density at radius 1 is 1.25 bits per heavy atom. The first-order valence-electron chi connectivity index (χ1n) is 4.68. The normalized spacial score (nSPS) is 11.8. The van der Waals surface area contributed by atoms with Crippen molar-refractivity contribution in [1.82, 2.24) is 0 Å². The zero-order valence-electron chi connectivity index (χ0n) is 8.71. The van der Waals surface area contributed by atoms with Crippen LogP contribution in [0.15, 0.2) is 24.3 Å². The molecule has 0 radical (unpaired) electrons. The molecular weight excluding hydrogens is 212 g/mol. The topological polar surface area (TPSA) is 83.8 Å².